The van der Waals surface area contributed by atoms with Gasteiger partial charge in [0.15, 0.2) is 0 Å². The van der Waals surface area contributed by atoms with Crippen LogP contribution in [0.2, 0.25) is 0 Å². The summed E-state index contributed by atoms with van der Waals surface area (Å²) < 4.78 is 0. The molecule has 1 aliphatic carbocycles. The van der Waals surface area contributed by atoms with Crippen LogP contribution in [-0.4, -0.2) is 11.9 Å². The van der Waals surface area contributed by atoms with E-state index in [1.54, 1.807) is 12.1 Å². The third-order valence-corrected chi connectivity index (χ3v) is 3.92. The quantitative estimate of drug-likeness (QED) is 0.820. The van der Waals surface area contributed by atoms with Crippen molar-refractivity contribution < 1.29 is 4.79 Å². The minimum atomic E-state index is -0.0223. The van der Waals surface area contributed by atoms with Gasteiger partial charge in [0.1, 0.15) is 0 Å². The Kier molecular flexibility index (Phi) is 3.18. The number of rotatable bonds is 2. The van der Waals surface area contributed by atoms with Crippen LogP contribution in [0.5, 0.6) is 0 Å². The zero-order valence-corrected chi connectivity index (χ0v) is 11.5. The van der Waals surface area contributed by atoms with E-state index in [1.807, 2.05) is 25.1 Å². The molecule has 3 rings (SSSR count). The van der Waals surface area contributed by atoms with Crippen molar-refractivity contribution in [1.82, 2.24) is 5.32 Å². The molecule has 102 valence electrons. The summed E-state index contributed by atoms with van der Waals surface area (Å²) in [6.07, 6.45) is 1.83. The Bertz CT molecular complexity index is 639. The predicted molar refractivity (Wildman–Crippen MR) is 80.7 cm³/mol. The molecule has 0 atom stereocenters. The third kappa shape index (κ3) is 2.39. The van der Waals surface area contributed by atoms with Crippen LogP contribution in [0.3, 0.4) is 0 Å². The third-order valence-electron chi connectivity index (χ3n) is 3.92. The van der Waals surface area contributed by atoms with Gasteiger partial charge in [-0.1, -0.05) is 24.3 Å². The number of hydrogen-bond acceptors (Lipinski definition) is 2. The van der Waals surface area contributed by atoms with Gasteiger partial charge >= 0.3 is 0 Å². The highest BCUT2D eigenvalue weighted by atomic mass is 16.1. The normalized spacial score (nSPS) is 14.1. The SMILES string of the molecule is Cc1cc(C(=O)NC2Cc3ccccc3C2)ccc1N. The lowest BCUT2D eigenvalue weighted by molar-refractivity contribution is 0.0938. The average Bonchev–Trinajstić information content (AvgIpc) is 2.83. The second-order valence-electron chi connectivity index (χ2n) is 5.42. The van der Waals surface area contributed by atoms with Crippen molar-refractivity contribution in [1.29, 1.82) is 0 Å². The van der Waals surface area contributed by atoms with Crippen molar-refractivity contribution in [2.75, 3.05) is 5.73 Å². The monoisotopic (exact) mass is 266 g/mol. The van der Waals surface area contributed by atoms with Gasteiger partial charge in [-0.05, 0) is 54.7 Å². The number of hydrogen-bond donors (Lipinski definition) is 2. The summed E-state index contributed by atoms with van der Waals surface area (Å²) in [7, 11) is 0. The van der Waals surface area contributed by atoms with Crippen LogP contribution >= 0.6 is 0 Å². The Balaban J connectivity index is 1.70. The Morgan fingerprint density at radius 1 is 1.15 bits per heavy atom. The Morgan fingerprint density at radius 2 is 1.80 bits per heavy atom. The summed E-state index contributed by atoms with van der Waals surface area (Å²) in [5.41, 5.74) is 10.8. The van der Waals surface area contributed by atoms with E-state index in [4.69, 9.17) is 5.73 Å². The number of nitrogens with one attached hydrogen (secondary N) is 1. The maximum absolute atomic E-state index is 12.3. The summed E-state index contributed by atoms with van der Waals surface area (Å²) in [4.78, 5) is 12.3. The van der Waals surface area contributed by atoms with Gasteiger partial charge in [-0.3, -0.25) is 4.79 Å². The summed E-state index contributed by atoms with van der Waals surface area (Å²) in [6, 6.07) is 14.0. The Labute approximate surface area is 118 Å². The molecule has 0 spiro atoms. The van der Waals surface area contributed by atoms with Crippen LogP contribution in [-0.2, 0) is 12.8 Å². The van der Waals surface area contributed by atoms with E-state index in [9.17, 15) is 4.79 Å². The molecule has 3 heteroatoms. The number of amides is 1. The lowest BCUT2D eigenvalue weighted by atomic mass is 10.1. The van der Waals surface area contributed by atoms with Gasteiger partial charge in [0.25, 0.3) is 5.91 Å². The van der Waals surface area contributed by atoms with E-state index in [2.05, 4.69) is 17.4 Å². The minimum Gasteiger partial charge on any atom is -0.399 e. The smallest absolute Gasteiger partial charge is 0.251 e. The highest BCUT2D eigenvalue weighted by Crippen LogP contribution is 2.22. The molecule has 0 aliphatic heterocycles. The summed E-state index contributed by atoms with van der Waals surface area (Å²) in [5.74, 6) is -0.0223. The first-order chi connectivity index (χ1) is 9.63. The second-order valence-corrected chi connectivity index (χ2v) is 5.42. The summed E-state index contributed by atoms with van der Waals surface area (Å²) >= 11 is 0. The number of anilines is 1. The number of nitrogen functional groups attached to an aromatic ring is 1. The topological polar surface area (TPSA) is 55.1 Å². The largest absolute Gasteiger partial charge is 0.399 e. The fraction of sp³-hybridized carbons (Fsp3) is 0.235. The molecule has 3 nitrogen and oxygen atoms in total. The van der Waals surface area contributed by atoms with E-state index >= 15 is 0 Å². The van der Waals surface area contributed by atoms with E-state index in [1.165, 1.54) is 11.1 Å². The zero-order valence-electron chi connectivity index (χ0n) is 11.5. The molecule has 0 fully saturated rings. The van der Waals surface area contributed by atoms with Gasteiger partial charge < -0.3 is 11.1 Å². The standard InChI is InChI=1S/C17H18N2O/c1-11-8-14(6-7-16(11)18)17(20)19-15-9-12-4-2-3-5-13(12)10-15/h2-8,15H,9-10,18H2,1H3,(H,19,20). The average molecular weight is 266 g/mol. The molecule has 0 bridgehead atoms. The molecule has 20 heavy (non-hydrogen) atoms. The fourth-order valence-electron chi connectivity index (χ4n) is 2.75. The number of nitrogens with two attached hydrogens (primary N) is 1. The van der Waals surface area contributed by atoms with Crippen molar-refractivity contribution in [3.63, 3.8) is 0 Å². The number of benzene rings is 2. The molecule has 0 heterocycles. The van der Waals surface area contributed by atoms with Gasteiger partial charge in [-0.2, -0.15) is 0 Å². The van der Waals surface area contributed by atoms with Gasteiger partial charge in [0.05, 0.1) is 0 Å². The number of fused-ring (bicyclic) bond motifs is 1. The molecule has 1 aliphatic rings. The van der Waals surface area contributed by atoms with Gasteiger partial charge in [0, 0.05) is 17.3 Å². The first-order valence-electron chi connectivity index (χ1n) is 6.87. The molecule has 3 N–H and O–H groups in total. The molecule has 1 amide bonds. The maximum Gasteiger partial charge on any atom is 0.251 e. The van der Waals surface area contributed by atoms with Gasteiger partial charge in [-0.15, -0.1) is 0 Å². The zero-order chi connectivity index (χ0) is 14.1. The van der Waals surface area contributed by atoms with Crippen molar-refractivity contribution in [3.05, 3.63) is 64.7 Å². The van der Waals surface area contributed by atoms with Crippen molar-refractivity contribution in [3.8, 4) is 0 Å². The van der Waals surface area contributed by atoms with Gasteiger partial charge in [-0.25, -0.2) is 0 Å². The molecule has 0 saturated carbocycles. The molecule has 0 saturated heterocycles. The van der Waals surface area contributed by atoms with E-state index in [0.29, 0.717) is 5.56 Å². The number of carbonyl (C=O) groups excluding carboxylic acids is 1. The summed E-state index contributed by atoms with van der Waals surface area (Å²) in [5, 5.41) is 3.11. The summed E-state index contributed by atoms with van der Waals surface area (Å²) in [6.45, 7) is 1.91. The van der Waals surface area contributed by atoms with Crippen LogP contribution in [0.15, 0.2) is 42.5 Å². The molecular formula is C17H18N2O. The van der Waals surface area contributed by atoms with Crippen LogP contribution < -0.4 is 11.1 Å². The minimum absolute atomic E-state index is 0.0223. The Hall–Kier alpha value is -2.29. The van der Waals surface area contributed by atoms with Crippen LogP contribution in [0.25, 0.3) is 0 Å². The lowest BCUT2D eigenvalue weighted by Crippen LogP contribution is -2.35. The number of aryl methyl sites for hydroxylation is 1. The highest BCUT2D eigenvalue weighted by Gasteiger charge is 2.22. The van der Waals surface area contributed by atoms with E-state index < -0.39 is 0 Å². The molecule has 2 aromatic carbocycles. The molecular weight excluding hydrogens is 248 g/mol. The lowest BCUT2D eigenvalue weighted by Gasteiger charge is -2.12. The van der Waals surface area contributed by atoms with Crippen molar-refractivity contribution in [2.45, 2.75) is 25.8 Å². The maximum atomic E-state index is 12.3. The van der Waals surface area contributed by atoms with E-state index in [-0.39, 0.29) is 11.9 Å². The highest BCUT2D eigenvalue weighted by molar-refractivity contribution is 5.95. The molecule has 0 unspecified atom stereocenters. The predicted octanol–water partition coefficient (Wildman–Crippen LogP) is 2.47. The van der Waals surface area contributed by atoms with Crippen LogP contribution in [0, 0.1) is 6.92 Å². The number of carbonyl (C=O) groups is 1. The van der Waals surface area contributed by atoms with Crippen LogP contribution in [0.4, 0.5) is 5.69 Å². The van der Waals surface area contributed by atoms with Crippen molar-refractivity contribution in [2.24, 2.45) is 0 Å². The van der Waals surface area contributed by atoms with E-state index in [0.717, 1.165) is 24.1 Å². The first-order valence-corrected chi connectivity index (χ1v) is 6.87. The van der Waals surface area contributed by atoms with Gasteiger partial charge in [0.2, 0.25) is 0 Å². The second kappa shape index (κ2) is 5.00. The molecule has 0 radical (unpaired) electrons. The van der Waals surface area contributed by atoms with Crippen molar-refractivity contribution >= 4 is 11.6 Å². The molecule has 2 aromatic rings. The first kappa shape index (κ1) is 12.7. The fourth-order valence-corrected chi connectivity index (χ4v) is 2.75. The van der Waals surface area contributed by atoms with Crippen LogP contribution in [0.1, 0.15) is 27.0 Å². The Morgan fingerprint density at radius 3 is 2.40 bits per heavy atom. The molecule has 0 aromatic heterocycles.